The van der Waals surface area contributed by atoms with Crippen molar-refractivity contribution in [1.82, 2.24) is 20.2 Å². The Morgan fingerprint density at radius 3 is 2.50 bits per heavy atom. The maximum atomic E-state index is 11.3. The molecular formula is C22H21N5O4S. The first-order valence-electron chi connectivity index (χ1n) is 9.81. The summed E-state index contributed by atoms with van der Waals surface area (Å²) in [7, 11) is 3.14. The van der Waals surface area contributed by atoms with Gasteiger partial charge in [-0.1, -0.05) is 18.2 Å². The van der Waals surface area contributed by atoms with Crippen LogP contribution in [0.5, 0.6) is 11.5 Å². The van der Waals surface area contributed by atoms with Gasteiger partial charge >= 0.3 is 5.97 Å². The minimum Gasteiger partial charge on any atom is -0.496 e. The lowest BCUT2D eigenvalue weighted by atomic mass is 10.1. The van der Waals surface area contributed by atoms with Crippen molar-refractivity contribution in [3.63, 3.8) is 0 Å². The third kappa shape index (κ3) is 4.59. The standard InChI is InChI=1S/C22H21N5O4S/c1-30-16-7-5-8-17(31-2)21(16)15-12-23-26-22(25-15)27(11-10-20(28)29)13-19-24-14-6-3-4-9-18(14)32-19/h3-9,12H,10-11,13H2,1-2H3,(H,28,29). The number of ether oxygens (including phenoxy) is 2. The number of methoxy groups -OCH3 is 2. The molecule has 0 bridgehead atoms. The summed E-state index contributed by atoms with van der Waals surface area (Å²) in [5.41, 5.74) is 2.05. The van der Waals surface area contributed by atoms with Gasteiger partial charge in [-0.2, -0.15) is 5.10 Å². The lowest BCUT2D eigenvalue weighted by Crippen LogP contribution is -2.28. The summed E-state index contributed by atoms with van der Waals surface area (Å²) in [6.07, 6.45) is 1.45. The lowest BCUT2D eigenvalue weighted by Gasteiger charge is -2.21. The fourth-order valence-corrected chi connectivity index (χ4v) is 4.27. The molecule has 1 N–H and O–H groups in total. The Labute approximate surface area is 188 Å². The molecule has 0 unspecified atom stereocenters. The molecule has 32 heavy (non-hydrogen) atoms. The largest absolute Gasteiger partial charge is 0.496 e. The summed E-state index contributed by atoms with van der Waals surface area (Å²) in [5.74, 6) is 0.559. The molecule has 2 aromatic carbocycles. The number of thiazole rings is 1. The van der Waals surface area contributed by atoms with Gasteiger partial charge in [-0.3, -0.25) is 4.79 Å². The fourth-order valence-electron chi connectivity index (χ4n) is 3.28. The van der Waals surface area contributed by atoms with E-state index in [-0.39, 0.29) is 13.0 Å². The first-order chi connectivity index (χ1) is 15.6. The number of anilines is 1. The highest BCUT2D eigenvalue weighted by molar-refractivity contribution is 7.18. The van der Waals surface area contributed by atoms with Crippen LogP contribution in [0.2, 0.25) is 0 Å². The van der Waals surface area contributed by atoms with Crippen LogP contribution in [0.4, 0.5) is 5.95 Å². The Kier molecular flexibility index (Phi) is 6.41. The maximum Gasteiger partial charge on any atom is 0.305 e. The minimum absolute atomic E-state index is 0.0730. The Bertz CT molecular complexity index is 1190. The molecule has 0 spiro atoms. The second-order valence-electron chi connectivity index (χ2n) is 6.82. The molecule has 0 aliphatic carbocycles. The van der Waals surface area contributed by atoms with E-state index in [1.54, 1.807) is 30.5 Å². The molecule has 0 fully saturated rings. The number of para-hydroxylation sites is 1. The predicted octanol–water partition coefficient (Wildman–Crippen LogP) is 3.65. The number of fused-ring (bicyclic) bond motifs is 1. The molecule has 0 radical (unpaired) electrons. The monoisotopic (exact) mass is 451 g/mol. The topological polar surface area (TPSA) is 111 Å². The third-order valence-electron chi connectivity index (χ3n) is 4.77. The highest BCUT2D eigenvalue weighted by Crippen LogP contribution is 2.37. The molecule has 0 saturated carbocycles. The summed E-state index contributed by atoms with van der Waals surface area (Å²) >= 11 is 1.55. The molecule has 0 saturated heterocycles. The van der Waals surface area contributed by atoms with Gasteiger partial charge in [0.05, 0.1) is 49.2 Å². The Hall–Kier alpha value is -3.79. The van der Waals surface area contributed by atoms with Gasteiger partial charge in [0.25, 0.3) is 0 Å². The van der Waals surface area contributed by atoms with Gasteiger partial charge in [0.15, 0.2) is 0 Å². The van der Waals surface area contributed by atoms with Crippen LogP contribution < -0.4 is 14.4 Å². The van der Waals surface area contributed by atoms with E-state index in [9.17, 15) is 9.90 Å². The predicted molar refractivity (Wildman–Crippen MR) is 121 cm³/mol. The van der Waals surface area contributed by atoms with Crippen LogP contribution in [0.15, 0.2) is 48.7 Å². The van der Waals surface area contributed by atoms with E-state index >= 15 is 0 Å². The molecule has 4 rings (SSSR count). The second kappa shape index (κ2) is 9.56. The van der Waals surface area contributed by atoms with Crippen LogP contribution in [0.25, 0.3) is 21.5 Å². The Balaban J connectivity index is 1.71. The lowest BCUT2D eigenvalue weighted by molar-refractivity contribution is -0.136. The van der Waals surface area contributed by atoms with Gasteiger partial charge in [0.2, 0.25) is 5.95 Å². The Morgan fingerprint density at radius 1 is 1.06 bits per heavy atom. The first-order valence-corrected chi connectivity index (χ1v) is 10.6. The summed E-state index contributed by atoms with van der Waals surface area (Å²) in [5, 5.41) is 18.3. The molecule has 0 aliphatic rings. The van der Waals surface area contributed by atoms with E-state index in [2.05, 4.69) is 20.2 Å². The number of carboxylic acid groups (broad SMARTS) is 1. The van der Waals surface area contributed by atoms with E-state index in [0.29, 0.717) is 35.2 Å². The fraction of sp³-hybridized carbons (Fsp3) is 0.227. The van der Waals surface area contributed by atoms with Gasteiger partial charge in [0, 0.05) is 6.54 Å². The van der Waals surface area contributed by atoms with Gasteiger partial charge in [-0.25, -0.2) is 9.97 Å². The quantitative estimate of drug-likeness (QED) is 0.408. The van der Waals surface area contributed by atoms with Crippen molar-refractivity contribution in [1.29, 1.82) is 0 Å². The van der Waals surface area contributed by atoms with E-state index in [4.69, 9.17) is 9.47 Å². The minimum atomic E-state index is -0.908. The zero-order valence-corrected chi connectivity index (χ0v) is 18.4. The second-order valence-corrected chi connectivity index (χ2v) is 7.93. The van der Waals surface area contributed by atoms with E-state index in [0.717, 1.165) is 15.2 Å². The average molecular weight is 452 g/mol. The van der Waals surface area contributed by atoms with Crippen LogP contribution in [0.1, 0.15) is 11.4 Å². The van der Waals surface area contributed by atoms with Crippen LogP contribution in [0, 0.1) is 0 Å². The molecular weight excluding hydrogens is 430 g/mol. The average Bonchev–Trinajstić information content (AvgIpc) is 3.23. The Morgan fingerprint density at radius 2 is 1.81 bits per heavy atom. The zero-order valence-electron chi connectivity index (χ0n) is 17.6. The number of carbonyl (C=O) groups is 1. The van der Waals surface area contributed by atoms with Gasteiger partial charge in [0.1, 0.15) is 22.2 Å². The van der Waals surface area contributed by atoms with E-state index in [1.807, 2.05) is 42.5 Å². The third-order valence-corrected chi connectivity index (χ3v) is 5.80. The number of hydrogen-bond acceptors (Lipinski definition) is 9. The first kappa shape index (κ1) is 21.4. The molecule has 9 nitrogen and oxygen atoms in total. The number of carboxylic acids is 1. The van der Waals surface area contributed by atoms with Crippen molar-refractivity contribution >= 4 is 33.5 Å². The zero-order chi connectivity index (χ0) is 22.5. The summed E-state index contributed by atoms with van der Waals surface area (Å²) in [4.78, 5) is 22.3. The van der Waals surface area contributed by atoms with Crippen LogP contribution in [0.3, 0.4) is 0 Å². The summed E-state index contributed by atoms with van der Waals surface area (Å²) in [6.45, 7) is 0.570. The van der Waals surface area contributed by atoms with Crippen molar-refractivity contribution < 1.29 is 19.4 Å². The molecule has 10 heteroatoms. The molecule has 0 atom stereocenters. The van der Waals surface area contributed by atoms with Gasteiger partial charge in [-0.15, -0.1) is 16.4 Å². The molecule has 0 aliphatic heterocycles. The van der Waals surface area contributed by atoms with Gasteiger partial charge < -0.3 is 19.5 Å². The number of aliphatic carboxylic acids is 1. The van der Waals surface area contributed by atoms with E-state index < -0.39 is 5.97 Å². The van der Waals surface area contributed by atoms with Gasteiger partial charge in [-0.05, 0) is 24.3 Å². The molecule has 4 aromatic rings. The van der Waals surface area contributed by atoms with Crippen LogP contribution in [-0.4, -0.2) is 52.0 Å². The number of benzene rings is 2. The SMILES string of the molecule is COc1cccc(OC)c1-c1cnnc(N(CCC(=O)O)Cc2nc3ccccc3s2)n1. The van der Waals surface area contributed by atoms with Crippen molar-refractivity contribution in [3.05, 3.63) is 53.7 Å². The van der Waals surface area contributed by atoms with Crippen LogP contribution in [-0.2, 0) is 11.3 Å². The number of hydrogen-bond donors (Lipinski definition) is 1. The highest BCUT2D eigenvalue weighted by Gasteiger charge is 2.19. The highest BCUT2D eigenvalue weighted by atomic mass is 32.1. The number of aromatic nitrogens is 4. The molecule has 2 heterocycles. The summed E-state index contributed by atoms with van der Waals surface area (Å²) in [6, 6.07) is 13.3. The molecule has 2 aromatic heterocycles. The number of rotatable bonds is 9. The van der Waals surface area contributed by atoms with Crippen molar-refractivity contribution in [3.8, 4) is 22.8 Å². The van der Waals surface area contributed by atoms with Crippen molar-refractivity contribution in [2.45, 2.75) is 13.0 Å². The summed E-state index contributed by atoms with van der Waals surface area (Å²) < 4.78 is 12.0. The smallest absolute Gasteiger partial charge is 0.305 e. The van der Waals surface area contributed by atoms with E-state index in [1.165, 1.54) is 6.20 Å². The normalized spacial score (nSPS) is 10.8. The van der Waals surface area contributed by atoms with Crippen LogP contribution >= 0.6 is 11.3 Å². The van der Waals surface area contributed by atoms with Crippen molar-refractivity contribution in [2.24, 2.45) is 0 Å². The number of nitrogens with zero attached hydrogens (tertiary/aromatic N) is 5. The van der Waals surface area contributed by atoms with Crippen molar-refractivity contribution in [2.75, 3.05) is 25.7 Å². The molecule has 164 valence electrons. The molecule has 0 amide bonds. The maximum absolute atomic E-state index is 11.3.